The van der Waals surface area contributed by atoms with Crippen molar-refractivity contribution in [3.8, 4) is 0 Å². The average Bonchev–Trinajstić information content (AvgIpc) is 3.31. The number of nitrogens with one attached hydrogen (secondary N) is 2. The van der Waals surface area contributed by atoms with Crippen LogP contribution < -0.4 is 10.6 Å². The van der Waals surface area contributed by atoms with Crippen LogP contribution in [0.3, 0.4) is 0 Å². The lowest BCUT2D eigenvalue weighted by molar-refractivity contribution is -0.135. The molecule has 0 spiro atoms. The van der Waals surface area contributed by atoms with E-state index in [2.05, 4.69) is 43.4 Å². The number of furan rings is 1. The number of rotatable bonds is 6. The highest BCUT2D eigenvalue weighted by Crippen LogP contribution is 2.26. The third-order valence-electron chi connectivity index (χ3n) is 5.40. The van der Waals surface area contributed by atoms with E-state index in [0.29, 0.717) is 12.5 Å². The first-order valence-electron chi connectivity index (χ1n) is 10.2. The van der Waals surface area contributed by atoms with Crippen molar-refractivity contribution in [2.75, 3.05) is 26.2 Å². The number of aliphatic imine (C=N–C) groups is 1. The molecule has 2 aliphatic rings. The van der Waals surface area contributed by atoms with Crippen molar-refractivity contribution in [3.05, 3.63) is 22.6 Å². The zero-order valence-electron chi connectivity index (χ0n) is 16.6. The van der Waals surface area contributed by atoms with E-state index in [1.54, 1.807) is 0 Å². The molecule has 3 rings (SSSR count). The maximum atomic E-state index is 12.7. The van der Waals surface area contributed by atoms with Gasteiger partial charge in [-0.05, 0) is 54.2 Å². The highest BCUT2D eigenvalue weighted by molar-refractivity contribution is 14.0. The van der Waals surface area contributed by atoms with Crippen molar-refractivity contribution in [2.45, 2.75) is 57.9 Å². The molecule has 1 aromatic rings. The van der Waals surface area contributed by atoms with Crippen molar-refractivity contribution >= 4 is 51.8 Å². The third-order valence-corrected chi connectivity index (χ3v) is 5.82. The largest absolute Gasteiger partial charge is 0.454 e. The lowest BCUT2D eigenvalue weighted by Gasteiger charge is -2.26. The van der Waals surface area contributed by atoms with Gasteiger partial charge in [0.2, 0.25) is 5.91 Å². The third kappa shape index (κ3) is 6.93. The Morgan fingerprint density at radius 1 is 1.29 bits per heavy atom. The molecule has 158 valence electrons. The van der Waals surface area contributed by atoms with Crippen molar-refractivity contribution in [3.63, 3.8) is 0 Å². The van der Waals surface area contributed by atoms with Gasteiger partial charge in [0.1, 0.15) is 5.76 Å². The van der Waals surface area contributed by atoms with Gasteiger partial charge in [0.25, 0.3) is 0 Å². The van der Waals surface area contributed by atoms with E-state index in [0.717, 1.165) is 61.7 Å². The van der Waals surface area contributed by atoms with Crippen LogP contribution in [0.15, 0.2) is 26.2 Å². The van der Waals surface area contributed by atoms with Crippen LogP contribution in [0, 0.1) is 5.92 Å². The number of likely N-dealkylation sites (tertiary alicyclic amines) is 1. The van der Waals surface area contributed by atoms with Crippen molar-refractivity contribution in [1.29, 1.82) is 0 Å². The van der Waals surface area contributed by atoms with Crippen LogP contribution in [0.2, 0.25) is 0 Å². The van der Waals surface area contributed by atoms with Crippen LogP contribution in [-0.2, 0) is 11.2 Å². The Kier molecular flexibility index (Phi) is 10.1. The topological polar surface area (TPSA) is 69.9 Å². The summed E-state index contributed by atoms with van der Waals surface area (Å²) in [7, 11) is 0. The minimum absolute atomic E-state index is 0. The molecule has 6 nitrogen and oxygen atoms in total. The Balaban J connectivity index is 0.00000280. The van der Waals surface area contributed by atoms with E-state index in [1.807, 2.05) is 12.1 Å². The van der Waals surface area contributed by atoms with Crippen molar-refractivity contribution in [1.82, 2.24) is 15.5 Å². The van der Waals surface area contributed by atoms with E-state index in [4.69, 9.17) is 4.42 Å². The summed E-state index contributed by atoms with van der Waals surface area (Å²) in [6.45, 7) is 5.17. The highest BCUT2D eigenvalue weighted by atomic mass is 127. The molecule has 1 amide bonds. The van der Waals surface area contributed by atoms with Crippen molar-refractivity contribution in [2.24, 2.45) is 10.9 Å². The summed E-state index contributed by atoms with van der Waals surface area (Å²) in [6, 6.07) is 4.14. The summed E-state index contributed by atoms with van der Waals surface area (Å²) in [5, 5.41) is 6.81. The molecule has 28 heavy (non-hydrogen) atoms. The number of carbonyl (C=O) groups excluding carboxylic acids is 1. The summed E-state index contributed by atoms with van der Waals surface area (Å²) >= 11 is 3.32. The van der Waals surface area contributed by atoms with Gasteiger partial charge in [0.05, 0.1) is 0 Å². The molecule has 1 saturated heterocycles. The Bertz CT molecular complexity index is 646. The number of halogens is 2. The molecule has 1 saturated carbocycles. The Morgan fingerprint density at radius 3 is 2.75 bits per heavy atom. The van der Waals surface area contributed by atoms with Crippen LogP contribution >= 0.6 is 39.9 Å². The molecule has 1 aliphatic heterocycles. The molecule has 0 aromatic carbocycles. The smallest absolute Gasteiger partial charge is 0.225 e. The van der Waals surface area contributed by atoms with Gasteiger partial charge >= 0.3 is 0 Å². The van der Waals surface area contributed by atoms with Gasteiger partial charge in [-0.3, -0.25) is 9.79 Å². The molecule has 0 radical (unpaired) electrons. The van der Waals surface area contributed by atoms with E-state index < -0.39 is 0 Å². The summed E-state index contributed by atoms with van der Waals surface area (Å²) in [5.41, 5.74) is 0. The zero-order chi connectivity index (χ0) is 19.1. The van der Waals surface area contributed by atoms with E-state index >= 15 is 0 Å². The number of hydrogen-bond acceptors (Lipinski definition) is 3. The molecule has 2 N–H and O–H groups in total. The minimum Gasteiger partial charge on any atom is -0.454 e. The van der Waals surface area contributed by atoms with Gasteiger partial charge in [-0.1, -0.05) is 19.3 Å². The molecule has 1 atom stereocenters. The molecule has 0 bridgehead atoms. The number of nitrogens with zero attached hydrogens (tertiary/aromatic N) is 2. The van der Waals surface area contributed by atoms with Crippen LogP contribution in [0.5, 0.6) is 0 Å². The van der Waals surface area contributed by atoms with Crippen LogP contribution in [0.25, 0.3) is 0 Å². The van der Waals surface area contributed by atoms with E-state index in [1.165, 1.54) is 19.3 Å². The summed E-state index contributed by atoms with van der Waals surface area (Å²) < 4.78 is 6.27. The number of guanidine groups is 1. The second-order valence-electron chi connectivity index (χ2n) is 7.47. The van der Waals surface area contributed by atoms with Gasteiger partial charge in [-0.25, -0.2) is 0 Å². The first-order chi connectivity index (χ1) is 13.2. The highest BCUT2D eigenvalue weighted by Gasteiger charge is 2.31. The normalized spacial score (nSPS) is 20.7. The Labute approximate surface area is 193 Å². The zero-order valence-corrected chi connectivity index (χ0v) is 20.5. The molecule has 2 fully saturated rings. The molecular weight excluding hydrogens is 535 g/mol. The van der Waals surface area contributed by atoms with Gasteiger partial charge in [-0.2, -0.15) is 0 Å². The van der Waals surface area contributed by atoms with Gasteiger partial charge < -0.3 is 20.0 Å². The van der Waals surface area contributed by atoms with Gasteiger partial charge in [-0.15, -0.1) is 24.0 Å². The van der Waals surface area contributed by atoms with Gasteiger partial charge in [0, 0.05) is 44.6 Å². The summed E-state index contributed by atoms with van der Waals surface area (Å²) in [4.78, 5) is 19.4. The fourth-order valence-electron chi connectivity index (χ4n) is 3.96. The average molecular weight is 567 g/mol. The lowest BCUT2D eigenvalue weighted by atomic mass is 9.88. The standard InChI is InChI=1S/C20H31BrN4O2.HI/c1-2-22-20(23-12-10-17-8-9-18(21)27-17)24-16-11-13-25(14-16)19(26)15-6-4-3-5-7-15;/h8-9,15-16H,2-7,10-14H2,1H3,(H2,22,23,24);1H. The summed E-state index contributed by atoms with van der Waals surface area (Å²) in [6.07, 6.45) is 7.57. The van der Waals surface area contributed by atoms with Crippen LogP contribution in [0.4, 0.5) is 0 Å². The van der Waals surface area contributed by atoms with E-state index in [9.17, 15) is 4.79 Å². The molecule has 8 heteroatoms. The number of hydrogen-bond donors (Lipinski definition) is 2. The lowest BCUT2D eigenvalue weighted by Crippen LogP contribution is -2.45. The second kappa shape index (κ2) is 12.0. The molecule has 1 aromatic heterocycles. The Hall–Kier alpha value is -0.770. The van der Waals surface area contributed by atoms with Crippen molar-refractivity contribution < 1.29 is 9.21 Å². The number of amides is 1. The monoisotopic (exact) mass is 566 g/mol. The Morgan fingerprint density at radius 2 is 2.07 bits per heavy atom. The maximum Gasteiger partial charge on any atom is 0.225 e. The second-order valence-corrected chi connectivity index (χ2v) is 8.25. The minimum atomic E-state index is 0. The fourth-order valence-corrected chi connectivity index (χ4v) is 4.30. The van der Waals surface area contributed by atoms with Crippen LogP contribution in [-0.4, -0.2) is 49.0 Å². The molecular formula is C20H32BrIN4O2. The fraction of sp³-hybridized carbons (Fsp3) is 0.700. The maximum absolute atomic E-state index is 12.7. The van der Waals surface area contributed by atoms with Crippen LogP contribution in [0.1, 0.15) is 51.2 Å². The first kappa shape index (κ1) is 23.5. The SMILES string of the molecule is CCNC(=NCCc1ccc(Br)o1)NC1CCN(C(=O)C2CCCCC2)C1.I. The molecule has 2 heterocycles. The van der Waals surface area contributed by atoms with E-state index in [-0.39, 0.29) is 35.9 Å². The van der Waals surface area contributed by atoms with Gasteiger partial charge in [0.15, 0.2) is 10.6 Å². The molecule has 1 aliphatic carbocycles. The summed E-state index contributed by atoms with van der Waals surface area (Å²) in [5.74, 6) is 2.36. The quantitative estimate of drug-likeness (QED) is 0.311. The predicted octanol–water partition coefficient (Wildman–Crippen LogP) is 3.94. The first-order valence-corrected chi connectivity index (χ1v) is 11.0. The number of carbonyl (C=O) groups is 1. The predicted molar refractivity (Wildman–Crippen MR) is 126 cm³/mol. The molecule has 1 unspecified atom stereocenters.